The van der Waals surface area contributed by atoms with Gasteiger partial charge in [-0.1, -0.05) is 25.3 Å². The van der Waals surface area contributed by atoms with Crippen LogP contribution >= 0.6 is 0 Å². The van der Waals surface area contributed by atoms with Gasteiger partial charge in [-0.05, 0) is 30.5 Å². The zero-order chi connectivity index (χ0) is 19.8. The van der Waals surface area contributed by atoms with Crippen LogP contribution in [-0.4, -0.2) is 44.3 Å². The average Bonchev–Trinajstić information content (AvgIpc) is 3.20. The van der Waals surface area contributed by atoms with Gasteiger partial charge in [0.05, 0.1) is 12.7 Å². The van der Waals surface area contributed by atoms with Crippen LogP contribution in [0.25, 0.3) is 22.4 Å². The molecule has 1 N–H and O–H groups in total. The van der Waals surface area contributed by atoms with Gasteiger partial charge in [-0.25, -0.2) is 0 Å². The van der Waals surface area contributed by atoms with Crippen molar-refractivity contribution in [2.75, 3.05) is 18.1 Å². The molecular weight excluding hydrogens is 366 g/mol. The number of nitrogens with zero attached hydrogens (tertiary/aromatic N) is 5. The lowest BCUT2D eigenvalue weighted by atomic mass is 9.94. The molecule has 2 aliphatic rings. The monoisotopic (exact) mass is 391 g/mol. The van der Waals surface area contributed by atoms with Crippen LogP contribution in [0.4, 0.5) is 5.82 Å². The molecule has 1 aromatic carbocycles. The fourth-order valence-corrected chi connectivity index (χ4v) is 4.41. The Bertz CT molecular complexity index is 1030. The molecule has 3 heterocycles. The molecule has 3 aromatic rings. The second-order valence-electron chi connectivity index (χ2n) is 7.89. The van der Waals surface area contributed by atoms with Crippen molar-refractivity contribution in [1.82, 2.24) is 20.0 Å². The average molecular weight is 391 g/mol. The molecule has 2 aromatic heterocycles. The Labute approximate surface area is 170 Å². The van der Waals surface area contributed by atoms with E-state index in [-0.39, 0.29) is 5.75 Å². The number of phenolic OH excluding ortho intramolecular Hbond substituents is 1. The molecule has 0 amide bonds. The highest BCUT2D eigenvalue weighted by atomic mass is 16.5. The SMILES string of the molecule is Cn1cc(-c2ccc(-c3cc4c(nn3)N(C3CCCCC3)CCO4)c(O)c2)cn1. The van der Waals surface area contributed by atoms with Gasteiger partial charge >= 0.3 is 0 Å². The van der Waals surface area contributed by atoms with E-state index in [9.17, 15) is 5.11 Å². The third-order valence-electron chi connectivity index (χ3n) is 5.93. The first-order valence-electron chi connectivity index (χ1n) is 10.3. The molecule has 1 saturated carbocycles. The highest BCUT2D eigenvalue weighted by molar-refractivity contribution is 5.75. The Balaban J connectivity index is 1.45. The van der Waals surface area contributed by atoms with Crippen LogP contribution in [0.5, 0.6) is 11.5 Å². The largest absolute Gasteiger partial charge is 0.507 e. The summed E-state index contributed by atoms with van der Waals surface area (Å²) in [6.45, 7) is 1.51. The number of hydrogen-bond acceptors (Lipinski definition) is 6. The quantitative estimate of drug-likeness (QED) is 0.732. The Kier molecular flexibility index (Phi) is 4.58. The summed E-state index contributed by atoms with van der Waals surface area (Å²) in [5, 5.41) is 23.7. The van der Waals surface area contributed by atoms with E-state index in [1.165, 1.54) is 32.1 Å². The summed E-state index contributed by atoms with van der Waals surface area (Å²) in [4.78, 5) is 2.36. The Morgan fingerprint density at radius 3 is 2.69 bits per heavy atom. The fraction of sp³-hybridized carbons (Fsp3) is 0.409. The lowest BCUT2D eigenvalue weighted by molar-refractivity contribution is 0.284. The number of aromatic nitrogens is 4. The van der Waals surface area contributed by atoms with Crippen molar-refractivity contribution in [3.8, 4) is 33.9 Å². The third kappa shape index (κ3) is 3.41. The van der Waals surface area contributed by atoms with E-state index in [4.69, 9.17) is 4.74 Å². The Hall–Kier alpha value is -3.09. The van der Waals surface area contributed by atoms with Crippen LogP contribution in [0.15, 0.2) is 36.7 Å². The number of ether oxygens (including phenoxy) is 1. The van der Waals surface area contributed by atoms with E-state index in [0.29, 0.717) is 23.9 Å². The summed E-state index contributed by atoms with van der Waals surface area (Å²) in [6.07, 6.45) is 9.99. The molecule has 0 spiro atoms. The minimum atomic E-state index is 0.167. The van der Waals surface area contributed by atoms with Crippen LogP contribution in [0, 0.1) is 0 Å². The fourth-order valence-electron chi connectivity index (χ4n) is 4.41. The Morgan fingerprint density at radius 2 is 1.93 bits per heavy atom. The first kappa shape index (κ1) is 18.0. The second-order valence-corrected chi connectivity index (χ2v) is 7.89. The van der Waals surface area contributed by atoms with Gasteiger partial charge in [0.25, 0.3) is 0 Å². The van der Waals surface area contributed by atoms with E-state index in [1.54, 1.807) is 16.9 Å². The number of fused-ring (bicyclic) bond motifs is 1. The van der Waals surface area contributed by atoms with Gasteiger partial charge in [0, 0.05) is 36.5 Å². The van der Waals surface area contributed by atoms with Crippen LogP contribution in [-0.2, 0) is 7.05 Å². The molecule has 0 unspecified atom stereocenters. The maximum atomic E-state index is 10.6. The normalized spacial score (nSPS) is 17.1. The molecule has 7 heteroatoms. The molecule has 5 rings (SSSR count). The Morgan fingerprint density at radius 1 is 1.07 bits per heavy atom. The molecule has 29 heavy (non-hydrogen) atoms. The zero-order valence-electron chi connectivity index (χ0n) is 16.6. The molecule has 1 aliphatic carbocycles. The molecule has 0 atom stereocenters. The predicted molar refractivity (Wildman–Crippen MR) is 111 cm³/mol. The summed E-state index contributed by atoms with van der Waals surface area (Å²) >= 11 is 0. The number of anilines is 1. The van der Waals surface area contributed by atoms with Gasteiger partial charge in [-0.2, -0.15) is 5.10 Å². The van der Waals surface area contributed by atoms with E-state index in [2.05, 4.69) is 20.2 Å². The van der Waals surface area contributed by atoms with Crippen LogP contribution in [0.1, 0.15) is 32.1 Å². The van der Waals surface area contributed by atoms with Gasteiger partial charge in [0.15, 0.2) is 11.6 Å². The van der Waals surface area contributed by atoms with Crippen LogP contribution < -0.4 is 9.64 Å². The standard InChI is InChI=1S/C22H25N5O2/c1-26-14-16(13-23-26)15-7-8-18(20(28)11-15)19-12-21-22(25-24-19)27(9-10-29-21)17-5-3-2-4-6-17/h7-8,11-14,17,28H,2-6,9-10H2,1H3. The van der Waals surface area contributed by atoms with Crippen molar-refractivity contribution in [2.45, 2.75) is 38.1 Å². The summed E-state index contributed by atoms with van der Waals surface area (Å²) in [5.74, 6) is 1.75. The summed E-state index contributed by atoms with van der Waals surface area (Å²) in [6, 6.07) is 8.00. The van der Waals surface area contributed by atoms with Gasteiger partial charge in [0.2, 0.25) is 0 Å². The lowest BCUT2D eigenvalue weighted by Crippen LogP contribution is -2.42. The minimum Gasteiger partial charge on any atom is -0.507 e. The smallest absolute Gasteiger partial charge is 0.194 e. The van der Waals surface area contributed by atoms with E-state index >= 15 is 0 Å². The van der Waals surface area contributed by atoms with Crippen molar-refractivity contribution in [3.05, 3.63) is 36.7 Å². The van der Waals surface area contributed by atoms with Crippen molar-refractivity contribution >= 4 is 5.82 Å². The second kappa shape index (κ2) is 7.39. The summed E-state index contributed by atoms with van der Waals surface area (Å²) < 4.78 is 7.65. The number of aromatic hydroxyl groups is 1. The topological polar surface area (TPSA) is 76.3 Å². The van der Waals surface area contributed by atoms with Crippen molar-refractivity contribution in [2.24, 2.45) is 7.05 Å². The molecule has 7 nitrogen and oxygen atoms in total. The van der Waals surface area contributed by atoms with Crippen LogP contribution in [0.3, 0.4) is 0 Å². The maximum absolute atomic E-state index is 10.6. The molecule has 0 radical (unpaired) electrons. The number of rotatable bonds is 3. The third-order valence-corrected chi connectivity index (χ3v) is 5.93. The molecule has 0 bridgehead atoms. The van der Waals surface area contributed by atoms with Gasteiger partial charge in [-0.3, -0.25) is 4.68 Å². The van der Waals surface area contributed by atoms with Gasteiger partial charge in [0.1, 0.15) is 18.1 Å². The number of aryl methyl sites for hydroxylation is 1. The van der Waals surface area contributed by atoms with Crippen molar-refractivity contribution < 1.29 is 9.84 Å². The van der Waals surface area contributed by atoms with Gasteiger partial charge in [-0.15, -0.1) is 10.2 Å². The predicted octanol–water partition coefficient (Wildman–Crippen LogP) is 3.78. The lowest BCUT2D eigenvalue weighted by Gasteiger charge is -2.38. The van der Waals surface area contributed by atoms with E-state index < -0.39 is 0 Å². The highest BCUT2D eigenvalue weighted by Gasteiger charge is 2.28. The van der Waals surface area contributed by atoms with Gasteiger partial charge < -0.3 is 14.7 Å². The van der Waals surface area contributed by atoms with Crippen LogP contribution in [0.2, 0.25) is 0 Å². The zero-order valence-corrected chi connectivity index (χ0v) is 16.6. The van der Waals surface area contributed by atoms with E-state index in [1.807, 2.05) is 31.4 Å². The number of phenols is 1. The van der Waals surface area contributed by atoms with Crippen molar-refractivity contribution in [3.63, 3.8) is 0 Å². The highest BCUT2D eigenvalue weighted by Crippen LogP contribution is 2.38. The number of benzene rings is 1. The maximum Gasteiger partial charge on any atom is 0.194 e. The number of hydrogen-bond donors (Lipinski definition) is 1. The molecular formula is C22H25N5O2. The van der Waals surface area contributed by atoms with Crippen molar-refractivity contribution in [1.29, 1.82) is 0 Å². The molecule has 0 saturated heterocycles. The first-order valence-corrected chi connectivity index (χ1v) is 10.3. The summed E-state index contributed by atoms with van der Waals surface area (Å²) in [7, 11) is 1.87. The van der Waals surface area contributed by atoms with E-state index in [0.717, 1.165) is 29.2 Å². The molecule has 1 fully saturated rings. The molecule has 1 aliphatic heterocycles. The minimum absolute atomic E-state index is 0.167. The first-order chi connectivity index (χ1) is 14.2. The molecule has 150 valence electrons. The summed E-state index contributed by atoms with van der Waals surface area (Å²) in [5.41, 5.74) is 3.12.